The van der Waals surface area contributed by atoms with Crippen molar-refractivity contribution in [2.24, 2.45) is 0 Å². The third kappa shape index (κ3) is 4.45. The number of hydrogen-bond donors (Lipinski definition) is 0. The second-order valence-electron chi connectivity index (χ2n) is 6.12. The first kappa shape index (κ1) is 20.5. The third-order valence-corrected chi connectivity index (χ3v) is 6.02. The first-order chi connectivity index (χ1) is 13.9. The van der Waals surface area contributed by atoms with Gasteiger partial charge in [-0.3, -0.25) is 0 Å². The van der Waals surface area contributed by atoms with Crippen LogP contribution in [0.3, 0.4) is 0 Å². The lowest BCUT2D eigenvalue weighted by molar-refractivity contribution is 0.0275. The van der Waals surface area contributed by atoms with E-state index in [1.807, 2.05) is 0 Å². The number of ether oxygens (including phenoxy) is 2. The van der Waals surface area contributed by atoms with Crippen molar-refractivity contribution in [1.82, 2.24) is 10.2 Å². The quantitative estimate of drug-likeness (QED) is 0.539. The molecular formula is C20H20N2O6S. The van der Waals surface area contributed by atoms with Crippen molar-refractivity contribution in [3.8, 4) is 17.2 Å². The molecule has 0 saturated heterocycles. The summed E-state index contributed by atoms with van der Waals surface area (Å²) in [4.78, 5) is 12.5. The van der Waals surface area contributed by atoms with Gasteiger partial charge < -0.3 is 13.9 Å². The Hall–Kier alpha value is -3.20. The summed E-state index contributed by atoms with van der Waals surface area (Å²) >= 11 is 0. The molecule has 1 heterocycles. The first-order valence-electron chi connectivity index (χ1n) is 8.86. The predicted molar refractivity (Wildman–Crippen MR) is 104 cm³/mol. The molecule has 1 atom stereocenters. The van der Waals surface area contributed by atoms with Crippen LogP contribution in [0.5, 0.6) is 5.75 Å². The minimum atomic E-state index is -3.57. The van der Waals surface area contributed by atoms with Gasteiger partial charge in [-0.1, -0.05) is 19.1 Å². The van der Waals surface area contributed by atoms with Crippen LogP contribution in [0.2, 0.25) is 0 Å². The largest absolute Gasteiger partial charge is 0.497 e. The summed E-state index contributed by atoms with van der Waals surface area (Å²) < 4.78 is 40.5. The van der Waals surface area contributed by atoms with Crippen LogP contribution in [0.4, 0.5) is 0 Å². The average Bonchev–Trinajstić information content (AvgIpc) is 3.24. The predicted octanol–water partition coefficient (Wildman–Crippen LogP) is 3.46. The third-order valence-electron chi connectivity index (χ3n) is 4.23. The Morgan fingerprint density at radius 3 is 2.45 bits per heavy atom. The van der Waals surface area contributed by atoms with Crippen molar-refractivity contribution in [3.63, 3.8) is 0 Å². The number of carbonyl (C=O) groups is 1. The summed E-state index contributed by atoms with van der Waals surface area (Å²) in [6.07, 6.45) is -0.862. The summed E-state index contributed by atoms with van der Waals surface area (Å²) in [6.45, 7) is 3.08. The molecule has 0 radical (unpaired) electrons. The highest BCUT2D eigenvalue weighted by atomic mass is 32.2. The molecule has 8 nitrogen and oxygen atoms in total. The van der Waals surface area contributed by atoms with Crippen LogP contribution in [0.15, 0.2) is 57.8 Å². The van der Waals surface area contributed by atoms with Gasteiger partial charge in [0.15, 0.2) is 15.9 Å². The van der Waals surface area contributed by atoms with E-state index < -0.39 is 21.9 Å². The van der Waals surface area contributed by atoms with Crippen molar-refractivity contribution in [2.45, 2.75) is 24.8 Å². The molecule has 0 aliphatic heterocycles. The minimum Gasteiger partial charge on any atom is -0.497 e. The summed E-state index contributed by atoms with van der Waals surface area (Å²) in [5, 5.41) is 7.89. The molecule has 0 amide bonds. The standard InChI is InChI=1S/C20H20N2O6S/c1-4-29(24,25)17-8-6-5-7-16(17)20(23)27-13(2)18-21-22-19(28-18)14-9-11-15(26-3)12-10-14/h5-13H,4H2,1-3H3. The lowest BCUT2D eigenvalue weighted by Gasteiger charge is -2.12. The molecule has 0 spiro atoms. The number of carbonyl (C=O) groups excluding carboxylic acids is 1. The van der Waals surface area contributed by atoms with E-state index in [9.17, 15) is 13.2 Å². The Labute approximate surface area is 168 Å². The number of aromatic nitrogens is 2. The van der Waals surface area contributed by atoms with Crippen molar-refractivity contribution in [1.29, 1.82) is 0 Å². The van der Waals surface area contributed by atoms with Gasteiger partial charge >= 0.3 is 5.97 Å². The second kappa shape index (κ2) is 8.44. The zero-order valence-electron chi connectivity index (χ0n) is 16.2. The van der Waals surface area contributed by atoms with Gasteiger partial charge in [-0.15, -0.1) is 10.2 Å². The van der Waals surface area contributed by atoms with Gasteiger partial charge in [0.2, 0.25) is 5.89 Å². The monoisotopic (exact) mass is 416 g/mol. The van der Waals surface area contributed by atoms with E-state index in [1.165, 1.54) is 19.1 Å². The molecule has 0 saturated carbocycles. The fourth-order valence-corrected chi connectivity index (χ4v) is 3.67. The van der Waals surface area contributed by atoms with Crippen LogP contribution in [0, 0.1) is 0 Å². The highest BCUT2D eigenvalue weighted by molar-refractivity contribution is 7.91. The Morgan fingerprint density at radius 2 is 1.79 bits per heavy atom. The van der Waals surface area contributed by atoms with Gasteiger partial charge in [0.1, 0.15) is 5.75 Å². The van der Waals surface area contributed by atoms with Crippen LogP contribution in [0.25, 0.3) is 11.5 Å². The van der Waals surface area contributed by atoms with Gasteiger partial charge in [0.05, 0.1) is 23.3 Å². The SMILES string of the molecule is CCS(=O)(=O)c1ccccc1C(=O)OC(C)c1nnc(-c2ccc(OC)cc2)o1. The molecular weight excluding hydrogens is 396 g/mol. The highest BCUT2D eigenvalue weighted by Gasteiger charge is 2.25. The smallest absolute Gasteiger partial charge is 0.340 e. The van der Waals surface area contributed by atoms with Crippen LogP contribution in [-0.4, -0.2) is 37.4 Å². The molecule has 152 valence electrons. The Bertz CT molecular complexity index is 1110. The van der Waals surface area contributed by atoms with Crippen LogP contribution in [-0.2, 0) is 14.6 Å². The summed E-state index contributed by atoms with van der Waals surface area (Å²) in [7, 11) is -2.01. The molecule has 0 aliphatic rings. The zero-order valence-corrected chi connectivity index (χ0v) is 17.0. The van der Waals surface area contributed by atoms with Crippen LogP contribution >= 0.6 is 0 Å². The van der Waals surface area contributed by atoms with Gasteiger partial charge in [-0.2, -0.15) is 0 Å². The minimum absolute atomic E-state index is 0.0314. The summed E-state index contributed by atoms with van der Waals surface area (Å²) in [5.41, 5.74) is 0.651. The molecule has 3 aromatic rings. The van der Waals surface area contributed by atoms with E-state index in [-0.39, 0.29) is 28.0 Å². The number of rotatable bonds is 7. The summed E-state index contributed by atoms with van der Waals surface area (Å²) in [6, 6.07) is 13.0. The molecule has 9 heteroatoms. The maximum atomic E-state index is 12.6. The number of sulfone groups is 1. The van der Waals surface area contributed by atoms with Crippen molar-refractivity contribution in [2.75, 3.05) is 12.9 Å². The van der Waals surface area contributed by atoms with Gasteiger partial charge in [0.25, 0.3) is 5.89 Å². The lowest BCUT2D eigenvalue weighted by Crippen LogP contribution is -2.15. The van der Waals surface area contributed by atoms with Gasteiger partial charge in [-0.05, 0) is 43.3 Å². The van der Waals surface area contributed by atoms with E-state index in [2.05, 4.69) is 10.2 Å². The van der Waals surface area contributed by atoms with Gasteiger partial charge in [-0.25, -0.2) is 13.2 Å². The number of methoxy groups -OCH3 is 1. The lowest BCUT2D eigenvalue weighted by atomic mass is 10.2. The first-order valence-corrected chi connectivity index (χ1v) is 10.5. The maximum absolute atomic E-state index is 12.6. The molecule has 1 unspecified atom stereocenters. The highest BCUT2D eigenvalue weighted by Crippen LogP contribution is 2.26. The average molecular weight is 416 g/mol. The molecule has 29 heavy (non-hydrogen) atoms. The molecule has 1 aromatic heterocycles. The summed E-state index contributed by atoms with van der Waals surface area (Å²) in [5.74, 6) is 0.146. The number of nitrogens with zero attached hydrogens (tertiary/aromatic N) is 2. The molecule has 2 aromatic carbocycles. The Morgan fingerprint density at radius 1 is 1.10 bits per heavy atom. The molecule has 0 aliphatic carbocycles. The van der Waals surface area contributed by atoms with E-state index >= 15 is 0 Å². The number of hydrogen-bond acceptors (Lipinski definition) is 8. The van der Waals surface area contributed by atoms with E-state index in [4.69, 9.17) is 13.9 Å². The molecule has 0 bridgehead atoms. The number of benzene rings is 2. The van der Waals surface area contributed by atoms with Gasteiger partial charge in [0, 0.05) is 5.56 Å². The second-order valence-corrected chi connectivity index (χ2v) is 8.37. The number of esters is 1. The normalized spacial score (nSPS) is 12.4. The zero-order chi connectivity index (χ0) is 21.0. The molecule has 0 fully saturated rings. The fourth-order valence-electron chi connectivity index (χ4n) is 2.59. The van der Waals surface area contributed by atoms with Crippen molar-refractivity contribution < 1.29 is 27.1 Å². The molecule has 3 rings (SSSR count). The van der Waals surface area contributed by atoms with Crippen molar-refractivity contribution >= 4 is 15.8 Å². The fraction of sp³-hybridized carbons (Fsp3) is 0.250. The topological polar surface area (TPSA) is 109 Å². The van der Waals surface area contributed by atoms with E-state index in [1.54, 1.807) is 50.4 Å². The Balaban J connectivity index is 1.78. The maximum Gasteiger partial charge on any atom is 0.340 e. The van der Waals surface area contributed by atoms with Crippen LogP contribution in [0.1, 0.15) is 36.2 Å². The Kier molecular flexibility index (Phi) is 5.97. The molecule has 0 N–H and O–H groups in total. The van der Waals surface area contributed by atoms with Crippen molar-refractivity contribution in [3.05, 3.63) is 60.0 Å². The van der Waals surface area contributed by atoms with E-state index in [0.29, 0.717) is 11.3 Å². The van der Waals surface area contributed by atoms with E-state index in [0.717, 1.165) is 0 Å². The van der Waals surface area contributed by atoms with Crippen LogP contribution < -0.4 is 4.74 Å².